The zero-order chi connectivity index (χ0) is 19.9. The summed E-state index contributed by atoms with van der Waals surface area (Å²) in [4.78, 5) is 31.4. The van der Waals surface area contributed by atoms with Gasteiger partial charge in [-0.3, -0.25) is 19.4 Å². The molecule has 28 heavy (non-hydrogen) atoms. The smallest absolute Gasteiger partial charge is 0.236 e. The van der Waals surface area contributed by atoms with Crippen LogP contribution in [0.1, 0.15) is 52.4 Å². The minimum atomic E-state index is 0.159. The van der Waals surface area contributed by atoms with E-state index in [2.05, 4.69) is 33.9 Å². The van der Waals surface area contributed by atoms with Gasteiger partial charge < -0.3 is 10.2 Å². The fraction of sp³-hybridized carbons (Fsp3) is 0.909. The van der Waals surface area contributed by atoms with Crippen molar-refractivity contribution in [3.63, 3.8) is 0 Å². The maximum Gasteiger partial charge on any atom is 0.236 e. The fourth-order valence-electron chi connectivity index (χ4n) is 5.17. The monoisotopic (exact) mass is 392 g/mol. The van der Waals surface area contributed by atoms with Crippen LogP contribution in [0.4, 0.5) is 0 Å². The third-order valence-corrected chi connectivity index (χ3v) is 6.73. The Morgan fingerprint density at radius 1 is 0.857 bits per heavy atom. The minimum absolute atomic E-state index is 0.159. The molecule has 1 aliphatic carbocycles. The normalized spacial score (nSPS) is 28.3. The lowest BCUT2D eigenvalue weighted by Gasteiger charge is -2.38. The van der Waals surface area contributed by atoms with Crippen molar-refractivity contribution in [3.05, 3.63) is 0 Å². The molecule has 0 aromatic heterocycles. The lowest BCUT2D eigenvalue weighted by atomic mass is 9.89. The van der Waals surface area contributed by atoms with Crippen LogP contribution < -0.4 is 5.32 Å². The number of piperidine rings is 1. The van der Waals surface area contributed by atoms with Crippen LogP contribution in [-0.2, 0) is 9.59 Å². The number of rotatable bonds is 6. The van der Waals surface area contributed by atoms with E-state index in [9.17, 15) is 9.59 Å². The molecule has 2 saturated heterocycles. The average molecular weight is 393 g/mol. The third kappa shape index (κ3) is 6.73. The third-order valence-electron chi connectivity index (χ3n) is 6.73. The molecule has 2 aliphatic heterocycles. The van der Waals surface area contributed by atoms with E-state index >= 15 is 0 Å². The highest BCUT2D eigenvalue weighted by atomic mass is 16.2. The van der Waals surface area contributed by atoms with Crippen LogP contribution in [0.3, 0.4) is 0 Å². The predicted molar refractivity (Wildman–Crippen MR) is 112 cm³/mol. The largest absolute Gasteiger partial charge is 0.355 e. The minimum Gasteiger partial charge on any atom is -0.355 e. The Hall–Kier alpha value is -1.14. The highest BCUT2D eigenvalue weighted by Crippen LogP contribution is 2.23. The van der Waals surface area contributed by atoms with Gasteiger partial charge in [0.1, 0.15) is 0 Å². The number of carbonyl (C=O) groups is 2. The summed E-state index contributed by atoms with van der Waals surface area (Å²) < 4.78 is 0. The Balaban J connectivity index is 1.31. The number of nitrogens with zero attached hydrogens (tertiary/aromatic N) is 3. The van der Waals surface area contributed by atoms with E-state index in [-0.39, 0.29) is 11.8 Å². The zero-order valence-electron chi connectivity index (χ0n) is 18.0. The average Bonchev–Trinajstić information content (AvgIpc) is 2.68. The van der Waals surface area contributed by atoms with Gasteiger partial charge in [0.25, 0.3) is 0 Å². The summed E-state index contributed by atoms with van der Waals surface area (Å²) in [5, 5.41) is 3.14. The quantitative estimate of drug-likeness (QED) is 0.749. The summed E-state index contributed by atoms with van der Waals surface area (Å²) in [7, 11) is 0. The summed E-state index contributed by atoms with van der Waals surface area (Å²) in [5.41, 5.74) is 0. The SMILES string of the molecule is C[C@H]1C[C@H](C)CN(C(=O)CN2CCN(CC(=O)NCC3CCCCC3)CC2)C1. The molecule has 0 aromatic rings. The van der Waals surface area contributed by atoms with E-state index < -0.39 is 0 Å². The second-order valence-electron chi connectivity index (χ2n) is 9.61. The molecule has 2 amide bonds. The molecule has 6 heteroatoms. The van der Waals surface area contributed by atoms with Crippen LogP contribution in [0.5, 0.6) is 0 Å². The van der Waals surface area contributed by atoms with Crippen molar-refractivity contribution in [1.82, 2.24) is 20.0 Å². The van der Waals surface area contributed by atoms with E-state index in [1.54, 1.807) is 0 Å². The molecule has 0 radical (unpaired) electrons. The molecule has 0 unspecified atom stereocenters. The molecule has 3 rings (SSSR count). The molecule has 1 N–H and O–H groups in total. The molecular formula is C22H40N4O2. The number of hydrogen-bond acceptors (Lipinski definition) is 4. The van der Waals surface area contributed by atoms with Crippen molar-refractivity contribution in [2.75, 3.05) is 58.9 Å². The molecule has 0 aromatic carbocycles. The molecule has 0 bridgehead atoms. The van der Waals surface area contributed by atoms with Crippen LogP contribution in [0, 0.1) is 17.8 Å². The number of amides is 2. The number of likely N-dealkylation sites (tertiary alicyclic amines) is 1. The van der Waals surface area contributed by atoms with Crippen LogP contribution >= 0.6 is 0 Å². The Morgan fingerprint density at radius 3 is 2.04 bits per heavy atom. The summed E-state index contributed by atoms with van der Waals surface area (Å²) >= 11 is 0. The van der Waals surface area contributed by atoms with Gasteiger partial charge in [0.05, 0.1) is 13.1 Å². The van der Waals surface area contributed by atoms with E-state index in [1.807, 2.05) is 0 Å². The van der Waals surface area contributed by atoms with Gasteiger partial charge in [-0.2, -0.15) is 0 Å². The zero-order valence-corrected chi connectivity index (χ0v) is 18.0. The number of piperazine rings is 1. The molecule has 3 fully saturated rings. The van der Waals surface area contributed by atoms with Gasteiger partial charge in [0.2, 0.25) is 11.8 Å². The molecule has 1 saturated carbocycles. The van der Waals surface area contributed by atoms with E-state index in [0.717, 1.165) is 45.8 Å². The summed E-state index contributed by atoms with van der Waals surface area (Å²) in [5.74, 6) is 2.33. The first-order valence-corrected chi connectivity index (χ1v) is 11.5. The Kier molecular flexibility index (Phi) is 8.15. The maximum atomic E-state index is 12.7. The molecule has 2 heterocycles. The van der Waals surface area contributed by atoms with Gasteiger partial charge in [-0.1, -0.05) is 33.1 Å². The first-order chi connectivity index (χ1) is 13.5. The lowest BCUT2D eigenvalue weighted by Crippen LogP contribution is -2.53. The van der Waals surface area contributed by atoms with Crippen LogP contribution in [-0.4, -0.2) is 85.4 Å². The Morgan fingerprint density at radius 2 is 1.43 bits per heavy atom. The van der Waals surface area contributed by atoms with Gasteiger partial charge in [-0.05, 0) is 37.0 Å². The second-order valence-corrected chi connectivity index (χ2v) is 9.61. The van der Waals surface area contributed by atoms with Gasteiger partial charge in [0.15, 0.2) is 0 Å². The first kappa shape index (κ1) is 21.6. The summed E-state index contributed by atoms with van der Waals surface area (Å²) in [6.45, 7) is 11.7. The first-order valence-electron chi connectivity index (χ1n) is 11.5. The van der Waals surface area contributed by atoms with Gasteiger partial charge in [-0.25, -0.2) is 0 Å². The van der Waals surface area contributed by atoms with Crippen molar-refractivity contribution in [3.8, 4) is 0 Å². The van der Waals surface area contributed by atoms with Gasteiger partial charge in [-0.15, -0.1) is 0 Å². The van der Waals surface area contributed by atoms with Gasteiger partial charge in [0, 0.05) is 45.8 Å². The van der Waals surface area contributed by atoms with Crippen molar-refractivity contribution in [2.45, 2.75) is 52.4 Å². The van der Waals surface area contributed by atoms with Crippen molar-refractivity contribution in [1.29, 1.82) is 0 Å². The van der Waals surface area contributed by atoms with Crippen LogP contribution in [0.25, 0.3) is 0 Å². The van der Waals surface area contributed by atoms with E-state index in [0.29, 0.717) is 30.8 Å². The predicted octanol–water partition coefficient (Wildman–Crippen LogP) is 1.81. The lowest BCUT2D eigenvalue weighted by molar-refractivity contribution is -0.135. The van der Waals surface area contributed by atoms with E-state index in [4.69, 9.17) is 0 Å². The molecule has 160 valence electrons. The molecule has 0 spiro atoms. The molecular weight excluding hydrogens is 352 g/mol. The van der Waals surface area contributed by atoms with Crippen LogP contribution in [0.15, 0.2) is 0 Å². The Labute approximate surface area is 171 Å². The fourth-order valence-corrected chi connectivity index (χ4v) is 5.17. The second kappa shape index (κ2) is 10.6. The topological polar surface area (TPSA) is 55.9 Å². The van der Waals surface area contributed by atoms with Crippen molar-refractivity contribution < 1.29 is 9.59 Å². The number of nitrogens with one attached hydrogen (secondary N) is 1. The number of carbonyl (C=O) groups excluding carboxylic acids is 2. The Bertz CT molecular complexity index is 503. The molecule has 3 aliphatic rings. The standard InChI is InChI=1S/C22H40N4O2/c1-18-12-19(2)15-26(14-18)22(28)17-25-10-8-24(9-11-25)16-21(27)23-13-20-6-4-3-5-7-20/h18-20H,3-17H2,1-2H3,(H,23,27)/t18-,19-/m0/s1. The number of hydrogen-bond donors (Lipinski definition) is 1. The van der Waals surface area contributed by atoms with E-state index in [1.165, 1.54) is 38.5 Å². The van der Waals surface area contributed by atoms with Crippen LogP contribution in [0.2, 0.25) is 0 Å². The molecule has 2 atom stereocenters. The summed E-state index contributed by atoms with van der Waals surface area (Å²) in [6.07, 6.45) is 7.74. The van der Waals surface area contributed by atoms with Gasteiger partial charge >= 0.3 is 0 Å². The van der Waals surface area contributed by atoms with Crippen molar-refractivity contribution in [2.24, 2.45) is 17.8 Å². The highest BCUT2D eigenvalue weighted by Gasteiger charge is 2.27. The highest BCUT2D eigenvalue weighted by molar-refractivity contribution is 5.78. The maximum absolute atomic E-state index is 12.7. The summed E-state index contributed by atoms with van der Waals surface area (Å²) in [6, 6.07) is 0. The molecule has 6 nitrogen and oxygen atoms in total. The van der Waals surface area contributed by atoms with Crippen molar-refractivity contribution >= 4 is 11.8 Å².